The van der Waals surface area contributed by atoms with Gasteiger partial charge in [-0.15, -0.1) is 0 Å². The lowest BCUT2D eigenvalue weighted by Crippen LogP contribution is -2.51. The number of hydrogen-bond donors (Lipinski definition) is 0. The first-order valence-electron chi connectivity index (χ1n) is 22.0. The normalized spacial score (nSPS) is 22.6. The summed E-state index contributed by atoms with van der Waals surface area (Å²) in [5.74, 6) is 2.01. The second kappa shape index (κ2) is 22.1. The Morgan fingerprint density at radius 3 is 1.45 bits per heavy atom. The Hall–Kier alpha value is -2.24. The Kier molecular flexibility index (Phi) is 17.0. The molecule has 9 heteroatoms. The van der Waals surface area contributed by atoms with Crippen molar-refractivity contribution < 1.29 is 18.9 Å². The number of piperidine rings is 1. The summed E-state index contributed by atoms with van der Waals surface area (Å²) in [5.41, 5.74) is 3.33. The molecule has 7 rings (SSSR count). The van der Waals surface area contributed by atoms with Crippen molar-refractivity contribution in [2.24, 2.45) is 0 Å². The predicted octanol–water partition coefficient (Wildman–Crippen LogP) is 6.40. The minimum absolute atomic E-state index is 0.217. The monoisotopic (exact) mass is 762 g/mol. The summed E-state index contributed by atoms with van der Waals surface area (Å²) in [7, 11) is 6.56. The van der Waals surface area contributed by atoms with Gasteiger partial charge in [-0.25, -0.2) is 0 Å². The van der Waals surface area contributed by atoms with Crippen LogP contribution in [0.3, 0.4) is 0 Å². The average Bonchev–Trinajstić information content (AvgIpc) is 3.75. The van der Waals surface area contributed by atoms with Gasteiger partial charge in [0.1, 0.15) is 11.5 Å². The van der Waals surface area contributed by atoms with Crippen LogP contribution >= 0.6 is 0 Å². The lowest BCUT2D eigenvalue weighted by Gasteiger charge is -2.43. The number of likely N-dealkylation sites (tertiary alicyclic amines) is 2. The molecule has 0 saturated carbocycles. The highest BCUT2D eigenvalue weighted by molar-refractivity contribution is 5.34. The molecule has 0 N–H and O–H groups in total. The Labute approximate surface area is 334 Å². The van der Waals surface area contributed by atoms with Crippen LogP contribution in [0, 0.1) is 0 Å². The first-order chi connectivity index (χ1) is 26.9. The molecule has 0 amide bonds. The highest BCUT2D eigenvalue weighted by Crippen LogP contribution is 2.38. The van der Waals surface area contributed by atoms with Crippen molar-refractivity contribution in [3.05, 3.63) is 59.7 Å². The van der Waals surface area contributed by atoms with Crippen LogP contribution < -0.4 is 9.47 Å². The van der Waals surface area contributed by atoms with E-state index < -0.39 is 0 Å². The molecule has 5 heterocycles. The predicted molar refractivity (Wildman–Crippen MR) is 225 cm³/mol. The fourth-order valence-corrected chi connectivity index (χ4v) is 9.59. The molecule has 0 unspecified atom stereocenters. The minimum atomic E-state index is 0.217. The summed E-state index contributed by atoms with van der Waals surface area (Å²) in [4.78, 5) is 12.5. The molecule has 0 bridgehead atoms. The summed E-state index contributed by atoms with van der Waals surface area (Å²) < 4.78 is 23.4. The van der Waals surface area contributed by atoms with Crippen LogP contribution in [0.1, 0.15) is 81.8 Å². The van der Waals surface area contributed by atoms with Crippen molar-refractivity contribution in [2.45, 2.75) is 81.5 Å². The first-order valence-corrected chi connectivity index (χ1v) is 22.0. The number of rotatable bonds is 16. The quantitative estimate of drug-likeness (QED) is 0.181. The van der Waals surface area contributed by atoms with Crippen LogP contribution in [-0.2, 0) is 20.3 Å². The summed E-state index contributed by atoms with van der Waals surface area (Å²) >= 11 is 0. The van der Waals surface area contributed by atoms with Crippen LogP contribution in [0.2, 0.25) is 0 Å². The van der Waals surface area contributed by atoms with Crippen LogP contribution in [0.5, 0.6) is 11.5 Å². The van der Waals surface area contributed by atoms with E-state index in [1.54, 1.807) is 0 Å². The van der Waals surface area contributed by atoms with Gasteiger partial charge in [-0.3, -0.25) is 4.90 Å². The molecule has 5 fully saturated rings. The van der Waals surface area contributed by atoms with E-state index in [4.69, 9.17) is 18.9 Å². The molecular weight excluding hydrogens is 687 g/mol. The molecule has 0 aliphatic carbocycles. The molecule has 0 radical (unpaired) electrons. The third-order valence-corrected chi connectivity index (χ3v) is 13.0. The van der Waals surface area contributed by atoms with Crippen LogP contribution in [0.15, 0.2) is 48.5 Å². The number of benzene rings is 2. The van der Waals surface area contributed by atoms with Crippen molar-refractivity contribution in [1.29, 1.82) is 0 Å². The Morgan fingerprint density at radius 1 is 0.545 bits per heavy atom. The molecule has 2 aromatic rings. The highest BCUT2D eigenvalue weighted by Gasteiger charge is 2.37. The molecule has 55 heavy (non-hydrogen) atoms. The lowest BCUT2D eigenvalue weighted by molar-refractivity contribution is 0.0261. The van der Waals surface area contributed by atoms with E-state index in [2.05, 4.69) is 94.2 Å². The SMILES string of the molecule is CN(C)CC1(c2ccc(OCCCN3CCCCC3)cc2)CCOCC1.CN1CCN(CC2(c3ccc(OCCCN4CCCC4)cc3)CCOCC2)CC1. The molecule has 5 saturated heterocycles. The van der Waals surface area contributed by atoms with Gasteiger partial charge in [0.05, 0.1) is 13.2 Å². The van der Waals surface area contributed by atoms with Crippen LogP contribution in [0.4, 0.5) is 0 Å². The topological polar surface area (TPSA) is 53.1 Å². The van der Waals surface area contributed by atoms with Crippen molar-refractivity contribution in [2.75, 3.05) is 139 Å². The van der Waals surface area contributed by atoms with E-state index in [-0.39, 0.29) is 10.8 Å². The third-order valence-electron chi connectivity index (χ3n) is 13.0. The van der Waals surface area contributed by atoms with Gasteiger partial charge in [0.15, 0.2) is 0 Å². The fourth-order valence-electron chi connectivity index (χ4n) is 9.59. The molecule has 2 aromatic carbocycles. The number of likely N-dealkylation sites (N-methyl/N-ethyl adjacent to an activating group) is 2. The van der Waals surface area contributed by atoms with Gasteiger partial charge < -0.3 is 38.5 Å². The molecule has 0 atom stereocenters. The van der Waals surface area contributed by atoms with Gasteiger partial charge >= 0.3 is 0 Å². The third kappa shape index (κ3) is 13.1. The summed E-state index contributed by atoms with van der Waals surface area (Å²) in [6.07, 6.45) is 13.5. The molecule has 308 valence electrons. The molecule has 5 aliphatic heterocycles. The van der Waals surface area contributed by atoms with Crippen molar-refractivity contribution in [3.8, 4) is 11.5 Å². The zero-order valence-corrected chi connectivity index (χ0v) is 35.0. The average molecular weight is 762 g/mol. The van der Waals surface area contributed by atoms with Gasteiger partial charge in [-0.2, -0.15) is 0 Å². The zero-order valence-electron chi connectivity index (χ0n) is 35.0. The van der Waals surface area contributed by atoms with Gasteiger partial charge in [-0.05, 0) is 147 Å². The molecule has 9 nitrogen and oxygen atoms in total. The number of hydrogen-bond acceptors (Lipinski definition) is 9. The van der Waals surface area contributed by atoms with Gasteiger partial charge in [0.2, 0.25) is 0 Å². The maximum absolute atomic E-state index is 6.04. The maximum atomic E-state index is 6.04. The van der Waals surface area contributed by atoms with Crippen molar-refractivity contribution in [3.63, 3.8) is 0 Å². The summed E-state index contributed by atoms with van der Waals surface area (Å²) in [5, 5.41) is 0. The van der Waals surface area contributed by atoms with E-state index in [0.29, 0.717) is 0 Å². The van der Waals surface area contributed by atoms with Gasteiger partial charge in [0, 0.05) is 89.6 Å². The fraction of sp³-hybridized carbons (Fsp3) is 0.739. The summed E-state index contributed by atoms with van der Waals surface area (Å²) in [6.45, 7) is 19.5. The molecule has 0 spiro atoms. The van der Waals surface area contributed by atoms with Gasteiger partial charge in [0.25, 0.3) is 0 Å². The maximum Gasteiger partial charge on any atom is 0.119 e. The van der Waals surface area contributed by atoms with Crippen molar-refractivity contribution in [1.82, 2.24) is 24.5 Å². The molecular formula is C46H75N5O4. The largest absolute Gasteiger partial charge is 0.494 e. The number of ether oxygens (including phenoxy) is 4. The molecule has 5 aliphatic rings. The Balaban J connectivity index is 0.000000188. The Morgan fingerprint density at radius 2 is 0.982 bits per heavy atom. The second-order valence-electron chi connectivity index (χ2n) is 17.5. The van der Waals surface area contributed by atoms with E-state index in [9.17, 15) is 0 Å². The Bertz CT molecular complexity index is 1330. The van der Waals surface area contributed by atoms with Crippen LogP contribution in [-0.4, -0.2) is 164 Å². The minimum Gasteiger partial charge on any atom is -0.494 e. The van der Waals surface area contributed by atoms with E-state index in [1.807, 2.05) is 0 Å². The number of piperazine rings is 1. The molecule has 0 aromatic heterocycles. The smallest absolute Gasteiger partial charge is 0.119 e. The highest BCUT2D eigenvalue weighted by atomic mass is 16.5. The van der Waals surface area contributed by atoms with Crippen molar-refractivity contribution >= 4 is 0 Å². The lowest BCUT2D eigenvalue weighted by atomic mass is 9.73. The number of nitrogens with zero attached hydrogens (tertiary/aromatic N) is 5. The van der Waals surface area contributed by atoms with E-state index in [1.165, 1.54) is 109 Å². The first kappa shape index (κ1) is 42.4. The van der Waals surface area contributed by atoms with E-state index >= 15 is 0 Å². The second-order valence-corrected chi connectivity index (χ2v) is 17.5. The van der Waals surface area contributed by atoms with Crippen LogP contribution in [0.25, 0.3) is 0 Å². The standard InChI is InChI=1S/C24H39N3O2.C22H36N2O2/c1-25-14-16-27(17-15-25)21-24(9-19-28-20-10-24)22-5-7-23(8-6-22)29-18-4-13-26-11-2-3-12-26;1-23(2)19-22(11-17-25-18-12-22)20-7-9-21(10-8-20)26-16-6-15-24-13-4-3-5-14-24/h5-8H,2-4,9-21H2,1H3;7-10H,3-6,11-19H2,1-2H3. The van der Waals surface area contributed by atoms with E-state index in [0.717, 1.165) is 103 Å². The zero-order chi connectivity index (χ0) is 38.2. The summed E-state index contributed by atoms with van der Waals surface area (Å²) in [6, 6.07) is 17.9. The van der Waals surface area contributed by atoms with Gasteiger partial charge in [-0.1, -0.05) is 30.7 Å².